The fourth-order valence-electron chi connectivity index (χ4n) is 4.63. The van der Waals surface area contributed by atoms with Crippen molar-refractivity contribution in [2.24, 2.45) is 0 Å². The Hall–Kier alpha value is -3.21. The second-order valence-electron chi connectivity index (χ2n) is 8.95. The molecule has 2 radical (unpaired) electrons. The summed E-state index contributed by atoms with van der Waals surface area (Å²) in [6.45, 7) is 6.50. The Morgan fingerprint density at radius 3 is 0.488 bits per heavy atom. The molecular weight excluding hydrogens is 791 g/mol. The third kappa shape index (κ3) is 11.1. The maximum absolute atomic E-state index is 7.75. The summed E-state index contributed by atoms with van der Waals surface area (Å²) in [5.74, 6) is 0. The summed E-state index contributed by atoms with van der Waals surface area (Å²) in [6.07, 6.45) is 0. The molecule has 0 unspecified atom stereocenters. The van der Waals surface area contributed by atoms with Crippen molar-refractivity contribution in [3.63, 3.8) is 0 Å². The first-order valence-corrected chi connectivity index (χ1v) is 22.0. The molecule has 0 aliphatic carbocycles. The number of carbonyl (C=O) groups excluding carboxylic acids is 2. The van der Waals surface area contributed by atoms with Crippen molar-refractivity contribution >= 4 is 75.1 Å². The molecule has 5 heteroatoms. The molecule has 0 amide bonds. The first kappa shape index (κ1) is 36.0. The minimum absolute atomic E-state index is 0. The van der Waals surface area contributed by atoms with E-state index in [0.29, 0.717) is 0 Å². The van der Waals surface area contributed by atoms with Gasteiger partial charge in [-0.05, 0) is 0 Å². The SMILES string of the molecule is [CH-]=O.[CH-]=O.[Ni+2].c1cc[c]([SbH]([c]2ccccc2)[c]2ccccc2)cc1.c1cc[c]([SbH]([c]2ccccc2)[c]2ccccc2)cc1. The molecule has 0 aliphatic heterocycles. The van der Waals surface area contributed by atoms with Crippen molar-refractivity contribution in [3.8, 4) is 0 Å². The van der Waals surface area contributed by atoms with Crippen molar-refractivity contribution in [2.75, 3.05) is 0 Å². The van der Waals surface area contributed by atoms with Gasteiger partial charge in [0.2, 0.25) is 0 Å². The Morgan fingerprint density at radius 1 is 0.256 bits per heavy atom. The fourth-order valence-corrected chi connectivity index (χ4v) is 19.3. The van der Waals surface area contributed by atoms with Crippen LogP contribution < -0.4 is 21.1 Å². The van der Waals surface area contributed by atoms with Crippen LogP contribution >= 0.6 is 0 Å². The van der Waals surface area contributed by atoms with Gasteiger partial charge in [0.05, 0.1) is 0 Å². The van der Waals surface area contributed by atoms with E-state index in [9.17, 15) is 0 Å². The molecule has 0 spiro atoms. The van der Waals surface area contributed by atoms with Gasteiger partial charge in [-0.15, -0.1) is 0 Å². The van der Waals surface area contributed by atoms with E-state index in [1.54, 1.807) is 0 Å². The summed E-state index contributed by atoms with van der Waals surface area (Å²) < 4.78 is 9.18. The van der Waals surface area contributed by atoms with E-state index in [1.165, 1.54) is 21.1 Å². The first-order valence-electron chi connectivity index (χ1n) is 13.4. The zero-order valence-corrected chi connectivity index (χ0v) is 30.3. The van der Waals surface area contributed by atoms with E-state index < -0.39 is 40.4 Å². The summed E-state index contributed by atoms with van der Waals surface area (Å²) in [5.41, 5.74) is 0. The number of hydrogen-bond acceptors (Lipinski definition) is 2. The molecule has 0 heterocycles. The van der Waals surface area contributed by atoms with Crippen LogP contribution in [0.2, 0.25) is 0 Å². The van der Waals surface area contributed by atoms with Gasteiger partial charge in [-0.1, -0.05) is 0 Å². The van der Waals surface area contributed by atoms with Crippen LogP contribution in [-0.4, -0.2) is 54.0 Å². The molecule has 2 nitrogen and oxygen atoms in total. The molecule has 6 rings (SSSR count). The van der Waals surface area contributed by atoms with Crippen LogP contribution in [0.15, 0.2) is 182 Å². The van der Waals surface area contributed by atoms with Crippen LogP contribution in [0.25, 0.3) is 0 Å². The van der Waals surface area contributed by atoms with Gasteiger partial charge in [0.1, 0.15) is 0 Å². The summed E-state index contributed by atoms with van der Waals surface area (Å²) in [5, 5.41) is 0. The fraction of sp³-hybridized carbons (Fsp3) is 0. The molecule has 218 valence electrons. The van der Waals surface area contributed by atoms with Crippen LogP contribution in [0, 0.1) is 0 Å². The van der Waals surface area contributed by atoms with Gasteiger partial charge >= 0.3 is 260 Å². The normalized spacial score (nSPS) is 9.53. The van der Waals surface area contributed by atoms with Gasteiger partial charge in [0.25, 0.3) is 0 Å². The molecule has 0 saturated carbocycles. The van der Waals surface area contributed by atoms with E-state index in [4.69, 9.17) is 9.59 Å². The van der Waals surface area contributed by atoms with Crippen molar-refractivity contribution in [1.82, 2.24) is 0 Å². The van der Waals surface area contributed by atoms with E-state index >= 15 is 0 Å². The number of rotatable bonds is 6. The topological polar surface area (TPSA) is 34.1 Å². The third-order valence-electron chi connectivity index (χ3n) is 6.37. The molecule has 0 aliphatic rings. The predicted molar refractivity (Wildman–Crippen MR) is 184 cm³/mol. The standard InChI is InChI=1S/6C6H5.2CHO.Ni.2Sb.2H/c6*1-2-4-6-5-3-1;2*1-2;;;;;/h6*1-5H;2*1H;;;;;/q;;;;;;2*-1;+2;;;;. The van der Waals surface area contributed by atoms with Crippen molar-refractivity contribution in [2.45, 2.75) is 0 Å². The maximum atomic E-state index is 7.75. The van der Waals surface area contributed by atoms with Crippen LogP contribution in [0.4, 0.5) is 0 Å². The summed E-state index contributed by atoms with van der Waals surface area (Å²) in [6, 6.07) is 65.9. The van der Waals surface area contributed by atoms with Gasteiger partial charge in [-0.25, -0.2) is 0 Å². The van der Waals surface area contributed by atoms with Crippen molar-refractivity contribution in [1.29, 1.82) is 0 Å². The quantitative estimate of drug-likeness (QED) is 0.147. The third-order valence-corrected chi connectivity index (χ3v) is 22.0. The Labute approximate surface area is 280 Å². The number of benzene rings is 6. The molecule has 6 aromatic carbocycles. The van der Waals surface area contributed by atoms with Crippen LogP contribution in [0.3, 0.4) is 0 Å². The van der Waals surface area contributed by atoms with E-state index in [1.807, 2.05) is 0 Å². The summed E-state index contributed by atoms with van der Waals surface area (Å²) >= 11 is -3.96. The Morgan fingerprint density at radius 2 is 0.372 bits per heavy atom. The van der Waals surface area contributed by atoms with E-state index in [0.717, 1.165) is 0 Å². The van der Waals surface area contributed by atoms with Gasteiger partial charge in [-0.2, -0.15) is 0 Å². The predicted octanol–water partition coefficient (Wildman–Crippen LogP) is 3.32. The monoisotopic (exact) mass is 822 g/mol. The van der Waals surface area contributed by atoms with Crippen LogP contribution in [-0.2, 0) is 26.1 Å². The van der Waals surface area contributed by atoms with Gasteiger partial charge in [-0.3, -0.25) is 13.6 Å². The van der Waals surface area contributed by atoms with Gasteiger partial charge < -0.3 is 9.59 Å². The average molecular weight is 825 g/mol. The Balaban J connectivity index is 0.000000264. The molecule has 0 saturated heterocycles. The molecule has 0 atom stereocenters. The first-order chi connectivity index (χ1) is 20.9. The van der Waals surface area contributed by atoms with E-state index in [-0.39, 0.29) is 16.5 Å². The summed E-state index contributed by atoms with van der Waals surface area (Å²) in [7, 11) is 0. The molecule has 0 bridgehead atoms. The molecule has 6 aromatic rings. The Bertz CT molecular complexity index is 1220. The van der Waals surface area contributed by atoms with Crippen molar-refractivity contribution < 1.29 is 26.1 Å². The molecule has 43 heavy (non-hydrogen) atoms. The molecule has 0 N–H and O–H groups in total. The average Bonchev–Trinajstić information content (AvgIpc) is 3.10. The summed E-state index contributed by atoms with van der Waals surface area (Å²) in [4.78, 5) is 15.5. The second kappa shape index (κ2) is 21.5. The zero-order valence-electron chi connectivity index (χ0n) is 23.6. The minimum atomic E-state index is -1.98. The molecular formula is C38H34NiO2Sb2. The van der Waals surface area contributed by atoms with Crippen LogP contribution in [0.5, 0.6) is 0 Å². The van der Waals surface area contributed by atoms with E-state index in [2.05, 4.69) is 196 Å². The van der Waals surface area contributed by atoms with Gasteiger partial charge in [0, 0.05) is 0 Å². The zero-order chi connectivity index (χ0) is 29.8. The molecule has 0 fully saturated rings. The number of hydrogen-bond donors (Lipinski definition) is 0. The molecule has 0 aromatic heterocycles. The van der Waals surface area contributed by atoms with Gasteiger partial charge in [0.15, 0.2) is 0 Å². The Kier molecular flexibility index (Phi) is 18.0. The second-order valence-corrected chi connectivity index (χ2v) is 23.1. The van der Waals surface area contributed by atoms with Crippen LogP contribution in [0.1, 0.15) is 0 Å². The van der Waals surface area contributed by atoms with Crippen molar-refractivity contribution in [3.05, 3.63) is 182 Å².